The van der Waals surface area contributed by atoms with Gasteiger partial charge in [-0.15, -0.1) is 0 Å². The van der Waals surface area contributed by atoms with E-state index in [1.165, 1.54) is 0 Å². The number of para-hydroxylation sites is 2. The molecule has 1 aliphatic rings. The smallest absolute Gasteiger partial charge is 0.241 e. The molecule has 4 rings (SSSR count). The SMILES string of the molecule is COc1ccccc1N1CC[C@@](Cc2ccccc2)(C(=O)c2ccc(C)cc2)C1=O. The summed E-state index contributed by atoms with van der Waals surface area (Å²) < 4.78 is 5.47. The molecule has 152 valence electrons. The Balaban J connectivity index is 1.77. The summed E-state index contributed by atoms with van der Waals surface area (Å²) in [5, 5.41) is 0. The second-order valence-electron chi connectivity index (χ2n) is 7.82. The molecule has 0 saturated carbocycles. The van der Waals surface area contributed by atoms with Crippen molar-refractivity contribution < 1.29 is 14.3 Å². The van der Waals surface area contributed by atoms with Crippen molar-refractivity contribution in [3.63, 3.8) is 0 Å². The Bertz CT molecular complexity index is 1060. The van der Waals surface area contributed by atoms with Crippen molar-refractivity contribution in [1.29, 1.82) is 0 Å². The number of anilines is 1. The number of methoxy groups -OCH3 is 1. The van der Waals surface area contributed by atoms with E-state index in [2.05, 4.69) is 0 Å². The maximum Gasteiger partial charge on any atom is 0.241 e. The Morgan fingerprint density at radius 1 is 0.967 bits per heavy atom. The van der Waals surface area contributed by atoms with E-state index in [-0.39, 0.29) is 11.7 Å². The van der Waals surface area contributed by atoms with Crippen LogP contribution in [0.25, 0.3) is 0 Å². The molecule has 1 heterocycles. The molecule has 1 fully saturated rings. The highest BCUT2D eigenvalue weighted by molar-refractivity contribution is 6.20. The maximum absolute atomic E-state index is 13.8. The molecule has 1 atom stereocenters. The second-order valence-corrected chi connectivity index (χ2v) is 7.82. The van der Waals surface area contributed by atoms with E-state index in [0.717, 1.165) is 11.1 Å². The number of ether oxygens (including phenoxy) is 1. The number of rotatable bonds is 6. The lowest BCUT2D eigenvalue weighted by Crippen LogP contribution is -2.42. The topological polar surface area (TPSA) is 46.6 Å². The lowest BCUT2D eigenvalue weighted by atomic mass is 9.74. The van der Waals surface area contributed by atoms with Crippen molar-refractivity contribution in [2.45, 2.75) is 19.8 Å². The highest BCUT2D eigenvalue weighted by Gasteiger charge is 2.53. The molecule has 0 N–H and O–H groups in total. The van der Waals surface area contributed by atoms with Crippen molar-refractivity contribution in [3.8, 4) is 5.75 Å². The molecule has 0 bridgehead atoms. The molecule has 1 amide bonds. The minimum Gasteiger partial charge on any atom is -0.495 e. The quantitative estimate of drug-likeness (QED) is 0.440. The zero-order chi connectivity index (χ0) is 21.1. The first-order chi connectivity index (χ1) is 14.5. The van der Waals surface area contributed by atoms with Crippen LogP contribution in [0.4, 0.5) is 5.69 Å². The third kappa shape index (κ3) is 3.50. The zero-order valence-corrected chi connectivity index (χ0v) is 17.3. The van der Waals surface area contributed by atoms with Crippen LogP contribution in [0.3, 0.4) is 0 Å². The molecule has 0 aliphatic carbocycles. The molecule has 30 heavy (non-hydrogen) atoms. The Kier molecular flexibility index (Phi) is 5.40. The molecular formula is C26H25NO3. The molecule has 1 saturated heterocycles. The van der Waals surface area contributed by atoms with Gasteiger partial charge in [0.15, 0.2) is 5.78 Å². The van der Waals surface area contributed by atoms with Gasteiger partial charge in [-0.25, -0.2) is 0 Å². The van der Waals surface area contributed by atoms with Gasteiger partial charge in [0.25, 0.3) is 0 Å². The number of ketones is 1. The van der Waals surface area contributed by atoms with Gasteiger partial charge < -0.3 is 9.64 Å². The maximum atomic E-state index is 13.8. The molecule has 4 nitrogen and oxygen atoms in total. The van der Waals surface area contributed by atoms with Crippen LogP contribution in [0, 0.1) is 12.3 Å². The van der Waals surface area contributed by atoms with Crippen LogP contribution in [-0.4, -0.2) is 25.3 Å². The number of nitrogens with zero attached hydrogens (tertiary/aromatic N) is 1. The summed E-state index contributed by atoms with van der Waals surface area (Å²) >= 11 is 0. The summed E-state index contributed by atoms with van der Waals surface area (Å²) in [6, 6.07) is 24.7. The number of hydrogen-bond donors (Lipinski definition) is 0. The van der Waals surface area contributed by atoms with Crippen LogP contribution >= 0.6 is 0 Å². The van der Waals surface area contributed by atoms with Crippen LogP contribution in [0.2, 0.25) is 0 Å². The van der Waals surface area contributed by atoms with Gasteiger partial charge in [-0.05, 0) is 37.5 Å². The first-order valence-electron chi connectivity index (χ1n) is 10.2. The summed E-state index contributed by atoms with van der Waals surface area (Å²) in [5.74, 6) is 0.347. The van der Waals surface area contributed by atoms with Crippen molar-refractivity contribution >= 4 is 17.4 Å². The highest BCUT2D eigenvalue weighted by Crippen LogP contribution is 2.43. The summed E-state index contributed by atoms with van der Waals surface area (Å²) in [4.78, 5) is 29.3. The second kappa shape index (κ2) is 8.15. The van der Waals surface area contributed by atoms with Crippen LogP contribution in [0.15, 0.2) is 78.9 Å². The van der Waals surface area contributed by atoms with Crippen molar-refractivity contribution in [1.82, 2.24) is 0 Å². The third-order valence-corrected chi connectivity index (χ3v) is 5.89. The molecule has 3 aromatic rings. The first-order valence-corrected chi connectivity index (χ1v) is 10.2. The number of carbonyl (C=O) groups excluding carboxylic acids is 2. The van der Waals surface area contributed by atoms with E-state index < -0.39 is 5.41 Å². The summed E-state index contributed by atoms with van der Waals surface area (Å²) in [6.07, 6.45) is 0.844. The molecular weight excluding hydrogens is 374 g/mol. The summed E-state index contributed by atoms with van der Waals surface area (Å²) in [7, 11) is 1.59. The van der Waals surface area contributed by atoms with Gasteiger partial charge >= 0.3 is 0 Å². The van der Waals surface area contributed by atoms with Crippen molar-refractivity contribution in [2.24, 2.45) is 5.41 Å². The Labute approximate surface area is 177 Å². The Morgan fingerprint density at radius 2 is 1.63 bits per heavy atom. The highest BCUT2D eigenvalue weighted by atomic mass is 16.5. The number of aryl methyl sites for hydroxylation is 1. The van der Waals surface area contributed by atoms with E-state index >= 15 is 0 Å². The standard InChI is InChI=1S/C26H25NO3/c1-19-12-14-21(15-13-19)24(28)26(18-20-8-4-3-5-9-20)16-17-27(25(26)29)22-10-6-7-11-23(22)30-2/h3-15H,16-18H2,1-2H3/t26-/m1/s1. The normalized spacial score (nSPS) is 18.5. The van der Waals surface area contributed by atoms with Crippen molar-refractivity contribution in [2.75, 3.05) is 18.6 Å². The number of carbonyl (C=O) groups is 2. The monoisotopic (exact) mass is 399 g/mol. The first kappa shape index (κ1) is 19.9. The minimum atomic E-state index is -1.13. The minimum absolute atomic E-state index is 0.117. The van der Waals surface area contributed by atoms with Crippen LogP contribution in [0.1, 0.15) is 27.9 Å². The number of Topliss-reactive ketones (excluding diaryl/α,β-unsaturated/α-hetero) is 1. The zero-order valence-electron chi connectivity index (χ0n) is 17.3. The van der Waals surface area contributed by atoms with Crippen LogP contribution in [0.5, 0.6) is 5.75 Å². The lowest BCUT2D eigenvalue weighted by molar-refractivity contribution is -0.123. The molecule has 1 aliphatic heterocycles. The molecule has 0 radical (unpaired) electrons. The van der Waals surface area contributed by atoms with E-state index in [1.54, 1.807) is 12.0 Å². The van der Waals surface area contributed by atoms with Crippen LogP contribution < -0.4 is 9.64 Å². The summed E-state index contributed by atoms with van der Waals surface area (Å²) in [6.45, 7) is 2.46. The molecule has 0 unspecified atom stereocenters. The number of benzene rings is 3. The number of amides is 1. The van der Waals surface area contributed by atoms with Gasteiger partial charge in [-0.1, -0.05) is 72.3 Å². The average molecular weight is 399 g/mol. The van der Waals surface area contributed by atoms with Gasteiger partial charge in [0.1, 0.15) is 11.2 Å². The third-order valence-electron chi connectivity index (χ3n) is 5.89. The van der Waals surface area contributed by atoms with E-state index in [1.807, 2.05) is 85.8 Å². The van der Waals surface area contributed by atoms with E-state index in [4.69, 9.17) is 4.74 Å². The molecule has 3 aromatic carbocycles. The Hall–Kier alpha value is -3.40. The van der Waals surface area contributed by atoms with E-state index in [9.17, 15) is 9.59 Å². The number of hydrogen-bond acceptors (Lipinski definition) is 3. The van der Waals surface area contributed by atoms with Crippen molar-refractivity contribution in [3.05, 3.63) is 95.6 Å². The van der Waals surface area contributed by atoms with Crippen LogP contribution in [-0.2, 0) is 11.2 Å². The fraction of sp³-hybridized carbons (Fsp3) is 0.231. The van der Waals surface area contributed by atoms with Gasteiger partial charge in [0, 0.05) is 12.1 Å². The van der Waals surface area contributed by atoms with Gasteiger partial charge in [-0.3, -0.25) is 9.59 Å². The molecule has 0 aromatic heterocycles. The van der Waals surface area contributed by atoms with Gasteiger partial charge in [0.05, 0.1) is 12.8 Å². The predicted molar refractivity (Wildman–Crippen MR) is 118 cm³/mol. The fourth-order valence-corrected chi connectivity index (χ4v) is 4.23. The van der Waals surface area contributed by atoms with Gasteiger partial charge in [-0.2, -0.15) is 0 Å². The average Bonchev–Trinajstić information content (AvgIpc) is 3.11. The summed E-state index contributed by atoms with van der Waals surface area (Å²) in [5.41, 5.74) is 2.21. The fourth-order valence-electron chi connectivity index (χ4n) is 4.23. The predicted octanol–water partition coefficient (Wildman–Crippen LogP) is 4.85. The Morgan fingerprint density at radius 3 is 2.33 bits per heavy atom. The van der Waals surface area contributed by atoms with E-state index in [0.29, 0.717) is 36.4 Å². The lowest BCUT2D eigenvalue weighted by Gasteiger charge is -2.27. The van der Waals surface area contributed by atoms with Gasteiger partial charge in [0.2, 0.25) is 5.91 Å². The molecule has 0 spiro atoms. The molecule has 4 heteroatoms. The largest absolute Gasteiger partial charge is 0.495 e.